The van der Waals surface area contributed by atoms with E-state index in [0.717, 1.165) is 19.3 Å². The van der Waals surface area contributed by atoms with Crippen molar-refractivity contribution >= 4 is 21.6 Å². The van der Waals surface area contributed by atoms with Gasteiger partial charge in [0.2, 0.25) is 5.91 Å². The Bertz CT molecular complexity index is 509. The Labute approximate surface area is 118 Å². The zero-order valence-corrected chi connectivity index (χ0v) is 12.2. The zero-order chi connectivity index (χ0) is 14.8. The lowest BCUT2D eigenvalue weighted by Gasteiger charge is -2.35. The second kappa shape index (κ2) is 5.59. The van der Waals surface area contributed by atoms with Gasteiger partial charge in [-0.1, -0.05) is 24.4 Å². The number of hydrogen-bond donors (Lipinski definition) is 3. The number of carbonyl (C=O) groups excluding carboxylic acids is 1. The lowest BCUT2D eigenvalue weighted by atomic mass is 9.72. The van der Waals surface area contributed by atoms with Crippen LogP contribution in [0.3, 0.4) is 0 Å². The van der Waals surface area contributed by atoms with Crippen molar-refractivity contribution < 1.29 is 18.4 Å². The van der Waals surface area contributed by atoms with Crippen molar-refractivity contribution in [3.8, 4) is 0 Å². The predicted molar refractivity (Wildman–Crippen MR) is 74.1 cm³/mol. The van der Waals surface area contributed by atoms with E-state index in [2.05, 4.69) is 10.5 Å². The van der Waals surface area contributed by atoms with Gasteiger partial charge in [-0.2, -0.15) is 0 Å². The molecule has 2 fully saturated rings. The zero-order valence-electron chi connectivity index (χ0n) is 11.3. The summed E-state index contributed by atoms with van der Waals surface area (Å²) in [6, 6.07) is -0.363. The van der Waals surface area contributed by atoms with Gasteiger partial charge in [-0.3, -0.25) is 4.79 Å². The van der Waals surface area contributed by atoms with Gasteiger partial charge in [0, 0.05) is 6.04 Å². The van der Waals surface area contributed by atoms with Gasteiger partial charge < -0.3 is 16.3 Å². The lowest BCUT2D eigenvalue weighted by Crippen LogP contribution is -2.53. The fourth-order valence-corrected chi connectivity index (χ4v) is 4.76. The predicted octanol–water partition coefficient (Wildman–Crippen LogP) is -0.0134. The van der Waals surface area contributed by atoms with Crippen LogP contribution in [0, 0.1) is 5.41 Å². The molecule has 0 aromatic rings. The summed E-state index contributed by atoms with van der Waals surface area (Å²) >= 11 is 0. The van der Waals surface area contributed by atoms with Crippen molar-refractivity contribution in [1.82, 2.24) is 5.32 Å². The van der Waals surface area contributed by atoms with Crippen LogP contribution in [-0.4, -0.2) is 42.9 Å². The Morgan fingerprint density at radius 2 is 1.95 bits per heavy atom. The summed E-state index contributed by atoms with van der Waals surface area (Å²) in [6.45, 7) is 0. The highest BCUT2D eigenvalue weighted by molar-refractivity contribution is 7.91. The molecule has 1 heterocycles. The molecule has 0 radical (unpaired) electrons. The van der Waals surface area contributed by atoms with E-state index in [9.17, 15) is 13.2 Å². The number of rotatable bonds is 3. The van der Waals surface area contributed by atoms with Crippen molar-refractivity contribution in [3.63, 3.8) is 0 Å². The molecule has 2 rings (SSSR count). The standard InChI is InChI=1S/C12H21N3O4S/c13-10(15-17)12(5-2-1-3-6-12)11(16)14-9-4-7-20(18,19)8-9/h9,17H,1-8H2,(H2,13,15)(H,14,16). The van der Waals surface area contributed by atoms with Crippen LogP contribution in [0.15, 0.2) is 5.16 Å². The number of hydrogen-bond acceptors (Lipinski definition) is 5. The molecule has 2 aliphatic rings. The second-order valence-corrected chi connectivity index (χ2v) is 7.93. The Morgan fingerprint density at radius 1 is 1.30 bits per heavy atom. The molecule has 1 amide bonds. The first kappa shape index (κ1) is 15.1. The van der Waals surface area contributed by atoms with Crippen LogP contribution in [-0.2, 0) is 14.6 Å². The monoisotopic (exact) mass is 303 g/mol. The average molecular weight is 303 g/mol. The SMILES string of the molecule is NC(=NO)C1(C(=O)NC2CCS(=O)(=O)C2)CCCCC1. The molecule has 1 saturated carbocycles. The van der Waals surface area contributed by atoms with Gasteiger partial charge in [0.15, 0.2) is 15.7 Å². The minimum atomic E-state index is -3.04. The number of nitrogens with zero attached hydrogens (tertiary/aromatic N) is 1. The van der Waals surface area contributed by atoms with Crippen LogP contribution >= 0.6 is 0 Å². The fraction of sp³-hybridized carbons (Fsp3) is 0.833. The topological polar surface area (TPSA) is 122 Å². The molecular weight excluding hydrogens is 282 g/mol. The number of amidine groups is 1. The smallest absolute Gasteiger partial charge is 0.234 e. The summed E-state index contributed by atoms with van der Waals surface area (Å²) in [6.07, 6.45) is 4.20. The van der Waals surface area contributed by atoms with Crippen LogP contribution in [0.25, 0.3) is 0 Å². The normalized spacial score (nSPS) is 29.0. The Balaban J connectivity index is 2.12. The molecule has 1 aliphatic heterocycles. The molecule has 0 bridgehead atoms. The summed E-state index contributed by atoms with van der Waals surface area (Å²) in [5.41, 5.74) is 4.75. The summed E-state index contributed by atoms with van der Waals surface area (Å²) in [5.74, 6) is -0.301. The highest BCUT2D eigenvalue weighted by Gasteiger charge is 2.45. The Morgan fingerprint density at radius 3 is 2.45 bits per heavy atom. The molecule has 7 nitrogen and oxygen atoms in total. The van der Waals surface area contributed by atoms with Gasteiger partial charge in [0.1, 0.15) is 5.41 Å². The van der Waals surface area contributed by atoms with Gasteiger partial charge in [-0.05, 0) is 19.3 Å². The van der Waals surface area contributed by atoms with Crippen LogP contribution in [0.4, 0.5) is 0 Å². The van der Waals surface area contributed by atoms with Crippen LogP contribution in [0.5, 0.6) is 0 Å². The van der Waals surface area contributed by atoms with Crippen LogP contribution < -0.4 is 11.1 Å². The lowest BCUT2D eigenvalue weighted by molar-refractivity contribution is -0.129. The van der Waals surface area contributed by atoms with E-state index >= 15 is 0 Å². The molecule has 1 saturated heterocycles. The van der Waals surface area contributed by atoms with Crippen molar-refractivity contribution in [3.05, 3.63) is 0 Å². The molecule has 0 aromatic heterocycles. The molecule has 1 unspecified atom stereocenters. The van der Waals surface area contributed by atoms with E-state index < -0.39 is 15.3 Å². The van der Waals surface area contributed by atoms with Gasteiger partial charge in [-0.15, -0.1) is 0 Å². The van der Waals surface area contributed by atoms with Crippen LogP contribution in [0.1, 0.15) is 38.5 Å². The molecular formula is C12H21N3O4S. The average Bonchev–Trinajstić information content (AvgIpc) is 2.77. The number of sulfone groups is 1. The number of nitrogens with one attached hydrogen (secondary N) is 1. The van der Waals surface area contributed by atoms with Crippen molar-refractivity contribution in [2.24, 2.45) is 16.3 Å². The third-order valence-corrected chi connectivity index (χ3v) is 6.08. The summed E-state index contributed by atoms with van der Waals surface area (Å²) in [7, 11) is -3.04. The van der Waals surface area contributed by atoms with E-state index in [0.29, 0.717) is 19.3 Å². The summed E-state index contributed by atoms with van der Waals surface area (Å²) in [5, 5.41) is 14.7. The van der Waals surface area contributed by atoms with E-state index in [1.807, 2.05) is 0 Å². The van der Waals surface area contributed by atoms with Gasteiger partial charge >= 0.3 is 0 Å². The van der Waals surface area contributed by atoms with Gasteiger partial charge in [-0.25, -0.2) is 8.42 Å². The quantitative estimate of drug-likeness (QED) is 0.293. The van der Waals surface area contributed by atoms with Gasteiger partial charge in [0.25, 0.3) is 0 Å². The molecule has 1 aliphatic carbocycles. The Kier molecular flexibility index (Phi) is 4.22. The highest BCUT2D eigenvalue weighted by Crippen LogP contribution is 2.37. The third-order valence-electron chi connectivity index (χ3n) is 4.31. The van der Waals surface area contributed by atoms with E-state index in [4.69, 9.17) is 10.9 Å². The highest BCUT2D eigenvalue weighted by atomic mass is 32.2. The number of amides is 1. The maximum absolute atomic E-state index is 12.5. The molecule has 114 valence electrons. The van der Waals surface area contributed by atoms with Crippen LogP contribution in [0.2, 0.25) is 0 Å². The maximum atomic E-state index is 12.5. The minimum absolute atomic E-state index is 0.0228. The maximum Gasteiger partial charge on any atom is 0.234 e. The summed E-state index contributed by atoms with van der Waals surface area (Å²) < 4.78 is 22.9. The largest absolute Gasteiger partial charge is 0.409 e. The number of nitrogens with two attached hydrogens (primary N) is 1. The second-order valence-electron chi connectivity index (χ2n) is 5.70. The molecule has 20 heavy (non-hydrogen) atoms. The first-order chi connectivity index (χ1) is 9.39. The Hall–Kier alpha value is -1.31. The first-order valence-electron chi connectivity index (χ1n) is 6.89. The fourth-order valence-electron chi connectivity index (χ4n) is 3.08. The third kappa shape index (κ3) is 2.89. The molecule has 4 N–H and O–H groups in total. The molecule has 0 spiro atoms. The van der Waals surface area contributed by atoms with Crippen molar-refractivity contribution in [2.45, 2.75) is 44.6 Å². The molecule has 8 heteroatoms. The van der Waals surface area contributed by atoms with Crippen molar-refractivity contribution in [2.75, 3.05) is 11.5 Å². The van der Waals surface area contributed by atoms with Crippen molar-refractivity contribution in [1.29, 1.82) is 0 Å². The first-order valence-corrected chi connectivity index (χ1v) is 8.71. The molecule has 1 atom stereocenters. The number of carbonyl (C=O) groups is 1. The van der Waals surface area contributed by atoms with E-state index in [1.54, 1.807) is 0 Å². The minimum Gasteiger partial charge on any atom is -0.409 e. The summed E-state index contributed by atoms with van der Waals surface area (Å²) in [4.78, 5) is 12.5. The van der Waals surface area contributed by atoms with E-state index in [-0.39, 0.29) is 29.3 Å². The molecule has 0 aromatic carbocycles. The van der Waals surface area contributed by atoms with E-state index in [1.165, 1.54) is 0 Å². The van der Waals surface area contributed by atoms with Gasteiger partial charge in [0.05, 0.1) is 11.5 Å². The number of oxime groups is 1.